The van der Waals surface area contributed by atoms with Crippen molar-refractivity contribution in [3.05, 3.63) is 78.9 Å². The molecule has 0 bridgehead atoms. The van der Waals surface area contributed by atoms with Crippen LogP contribution < -0.4 is 0 Å². The number of nitrogens with one attached hydrogen (secondary N) is 2. The van der Waals surface area contributed by atoms with E-state index in [1.165, 1.54) is 11.1 Å². The van der Waals surface area contributed by atoms with Crippen LogP contribution in [-0.2, 0) is 0 Å². The number of hydrogen-bond donors (Lipinski definition) is 2. The van der Waals surface area contributed by atoms with E-state index in [0.29, 0.717) is 0 Å². The van der Waals surface area contributed by atoms with Crippen molar-refractivity contribution in [1.82, 2.24) is 15.0 Å². The second-order valence-corrected chi connectivity index (χ2v) is 5.96. The molecular weight excluding hydrogens is 294 g/mol. The molecule has 0 unspecified atom stereocenters. The fourth-order valence-corrected chi connectivity index (χ4v) is 3.15. The molecule has 0 aliphatic rings. The SMILES string of the molecule is c1ccc(-c2cc3cc4cc(-c5ccccc5)[nH]c4nc3[nH]2)cc1. The Kier molecular flexibility index (Phi) is 2.79. The molecule has 5 aromatic rings. The minimum absolute atomic E-state index is 0.905. The monoisotopic (exact) mass is 309 g/mol. The Morgan fingerprint density at radius 1 is 0.542 bits per heavy atom. The van der Waals surface area contributed by atoms with Crippen LogP contribution in [0.5, 0.6) is 0 Å². The maximum absolute atomic E-state index is 4.76. The molecule has 3 heterocycles. The Morgan fingerprint density at radius 2 is 1.00 bits per heavy atom. The minimum atomic E-state index is 0.905. The van der Waals surface area contributed by atoms with Gasteiger partial charge in [-0.2, -0.15) is 0 Å². The molecule has 0 radical (unpaired) electrons. The van der Waals surface area contributed by atoms with Gasteiger partial charge in [-0.25, -0.2) is 4.98 Å². The Morgan fingerprint density at radius 3 is 1.46 bits per heavy atom. The van der Waals surface area contributed by atoms with Gasteiger partial charge in [-0.15, -0.1) is 0 Å². The number of aromatic amines is 2. The number of rotatable bonds is 2. The van der Waals surface area contributed by atoms with Gasteiger partial charge >= 0.3 is 0 Å². The predicted molar refractivity (Wildman–Crippen MR) is 98.8 cm³/mol. The number of hydrogen-bond acceptors (Lipinski definition) is 1. The highest BCUT2D eigenvalue weighted by Crippen LogP contribution is 2.28. The van der Waals surface area contributed by atoms with Crippen molar-refractivity contribution in [2.45, 2.75) is 0 Å². The van der Waals surface area contributed by atoms with Gasteiger partial charge in [-0.3, -0.25) is 0 Å². The molecule has 0 atom stereocenters. The molecule has 0 saturated heterocycles. The summed E-state index contributed by atoms with van der Waals surface area (Å²) in [5.41, 5.74) is 6.34. The van der Waals surface area contributed by atoms with Gasteiger partial charge in [0.2, 0.25) is 0 Å². The van der Waals surface area contributed by atoms with E-state index in [1.54, 1.807) is 0 Å². The summed E-state index contributed by atoms with van der Waals surface area (Å²) in [7, 11) is 0. The van der Waals surface area contributed by atoms with Gasteiger partial charge in [0.05, 0.1) is 0 Å². The highest BCUT2D eigenvalue weighted by molar-refractivity contribution is 5.94. The second-order valence-electron chi connectivity index (χ2n) is 5.96. The summed E-state index contributed by atoms with van der Waals surface area (Å²) >= 11 is 0. The van der Waals surface area contributed by atoms with Crippen LogP contribution in [-0.4, -0.2) is 15.0 Å². The molecule has 0 saturated carbocycles. The first-order chi connectivity index (χ1) is 11.9. The fraction of sp³-hybridized carbons (Fsp3) is 0. The van der Waals surface area contributed by atoms with Gasteiger partial charge in [-0.05, 0) is 29.3 Å². The Labute approximate surface area is 139 Å². The largest absolute Gasteiger partial charge is 0.339 e. The van der Waals surface area contributed by atoms with E-state index in [2.05, 4.69) is 52.4 Å². The first kappa shape index (κ1) is 13.1. The number of benzene rings is 2. The number of fused-ring (bicyclic) bond motifs is 2. The van der Waals surface area contributed by atoms with Crippen LogP contribution in [0.3, 0.4) is 0 Å². The minimum Gasteiger partial charge on any atom is -0.339 e. The van der Waals surface area contributed by atoms with Crippen LogP contribution in [0, 0.1) is 0 Å². The molecule has 0 spiro atoms. The zero-order valence-electron chi connectivity index (χ0n) is 13.0. The molecule has 2 N–H and O–H groups in total. The zero-order chi connectivity index (χ0) is 15.9. The molecule has 3 heteroatoms. The lowest BCUT2D eigenvalue weighted by Crippen LogP contribution is -1.80. The molecular formula is C21H15N3. The van der Waals surface area contributed by atoms with Crippen LogP contribution in [0.15, 0.2) is 78.9 Å². The average molecular weight is 309 g/mol. The third-order valence-corrected chi connectivity index (χ3v) is 4.36. The lowest BCUT2D eigenvalue weighted by molar-refractivity contribution is 1.32. The van der Waals surface area contributed by atoms with Crippen molar-refractivity contribution >= 4 is 22.1 Å². The van der Waals surface area contributed by atoms with E-state index in [1.807, 2.05) is 36.4 Å². The van der Waals surface area contributed by atoms with E-state index in [9.17, 15) is 0 Å². The van der Waals surface area contributed by atoms with E-state index in [-0.39, 0.29) is 0 Å². The number of H-pyrrole nitrogens is 2. The van der Waals surface area contributed by atoms with Gasteiger partial charge in [-0.1, -0.05) is 60.7 Å². The second kappa shape index (κ2) is 5.10. The third-order valence-electron chi connectivity index (χ3n) is 4.36. The molecule has 0 fully saturated rings. The molecule has 0 aliphatic heterocycles. The molecule has 24 heavy (non-hydrogen) atoms. The molecule has 2 aromatic carbocycles. The smallest absolute Gasteiger partial charge is 0.140 e. The number of nitrogens with zero attached hydrogens (tertiary/aromatic N) is 1. The lowest BCUT2D eigenvalue weighted by atomic mass is 10.1. The van der Waals surface area contributed by atoms with E-state index >= 15 is 0 Å². The summed E-state index contributed by atoms with van der Waals surface area (Å²) in [4.78, 5) is 11.6. The first-order valence-electron chi connectivity index (χ1n) is 8.00. The molecule has 114 valence electrons. The van der Waals surface area contributed by atoms with Crippen LogP contribution in [0.25, 0.3) is 44.6 Å². The van der Waals surface area contributed by atoms with Crippen molar-refractivity contribution in [3.8, 4) is 22.5 Å². The van der Waals surface area contributed by atoms with Gasteiger partial charge in [0.1, 0.15) is 11.3 Å². The van der Waals surface area contributed by atoms with Crippen molar-refractivity contribution in [1.29, 1.82) is 0 Å². The van der Waals surface area contributed by atoms with E-state index in [0.717, 1.165) is 33.5 Å². The quantitative estimate of drug-likeness (QED) is 0.452. The Balaban J connectivity index is 1.65. The Hall–Kier alpha value is -3.33. The number of aromatic nitrogens is 3. The first-order valence-corrected chi connectivity index (χ1v) is 8.00. The van der Waals surface area contributed by atoms with Gasteiger partial charge in [0.15, 0.2) is 0 Å². The normalized spacial score (nSPS) is 11.3. The van der Waals surface area contributed by atoms with Crippen molar-refractivity contribution in [2.24, 2.45) is 0 Å². The van der Waals surface area contributed by atoms with Crippen LogP contribution in [0.1, 0.15) is 0 Å². The van der Waals surface area contributed by atoms with Crippen molar-refractivity contribution in [3.63, 3.8) is 0 Å². The van der Waals surface area contributed by atoms with Crippen LogP contribution in [0.4, 0.5) is 0 Å². The van der Waals surface area contributed by atoms with Crippen molar-refractivity contribution < 1.29 is 0 Å². The highest BCUT2D eigenvalue weighted by atomic mass is 14.9. The summed E-state index contributed by atoms with van der Waals surface area (Å²) < 4.78 is 0. The summed E-state index contributed by atoms with van der Waals surface area (Å²) in [6, 6.07) is 27.1. The molecule has 5 rings (SSSR count). The molecule has 3 nitrogen and oxygen atoms in total. The standard InChI is InChI=1S/C21H15N3/c1-3-7-14(8-4-1)18-12-16-11-17-13-19(15-9-5-2-6-10-15)23-21(17)24-20(16)22-18/h1-13H,(H2,22,23,24). The average Bonchev–Trinajstić information content (AvgIpc) is 3.24. The maximum atomic E-state index is 4.76. The number of pyridine rings is 1. The fourth-order valence-electron chi connectivity index (χ4n) is 3.15. The van der Waals surface area contributed by atoms with Crippen LogP contribution >= 0.6 is 0 Å². The summed E-state index contributed by atoms with van der Waals surface area (Å²) in [5.74, 6) is 0. The lowest BCUT2D eigenvalue weighted by Gasteiger charge is -1.95. The van der Waals surface area contributed by atoms with E-state index in [4.69, 9.17) is 4.98 Å². The van der Waals surface area contributed by atoms with Crippen molar-refractivity contribution in [2.75, 3.05) is 0 Å². The Bertz CT molecular complexity index is 995. The third kappa shape index (κ3) is 2.10. The topological polar surface area (TPSA) is 44.5 Å². The van der Waals surface area contributed by atoms with Gasteiger partial charge in [0, 0.05) is 22.2 Å². The highest BCUT2D eigenvalue weighted by Gasteiger charge is 2.09. The maximum Gasteiger partial charge on any atom is 0.140 e. The molecule has 0 aliphatic carbocycles. The summed E-state index contributed by atoms with van der Waals surface area (Å²) in [5, 5.41) is 2.25. The molecule has 3 aromatic heterocycles. The zero-order valence-corrected chi connectivity index (χ0v) is 13.0. The van der Waals surface area contributed by atoms with Crippen LogP contribution in [0.2, 0.25) is 0 Å². The van der Waals surface area contributed by atoms with E-state index < -0.39 is 0 Å². The molecule has 0 amide bonds. The summed E-state index contributed by atoms with van der Waals surface area (Å²) in [6.07, 6.45) is 0. The summed E-state index contributed by atoms with van der Waals surface area (Å²) in [6.45, 7) is 0. The predicted octanol–water partition coefficient (Wildman–Crippen LogP) is 5.38. The van der Waals surface area contributed by atoms with Gasteiger partial charge < -0.3 is 9.97 Å². The van der Waals surface area contributed by atoms with Gasteiger partial charge in [0.25, 0.3) is 0 Å².